The van der Waals surface area contributed by atoms with Gasteiger partial charge >= 0.3 is 6.03 Å². The zero-order chi connectivity index (χ0) is 13.8. The standard InChI is InChI=1S/C14H18N4O/c1-9(2)10(3)7-15-14(19)17-12-5-4-11-8-16-18-13(11)6-12/h4-9H,1-3H3,(H,16,18)(H2,15,17,19)/b10-7+. The Morgan fingerprint density at radius 1 is 1.42 bits per heavy atom. The van der Waals surface area contributed by atoms with Gasteiger partial charge in [-0.2, -0.15) is 5.10 Å². The Morgan fingerprint density at radius 2 is 2.21 bits per heavy atom. The van der Waals surface area contributed by atoms with Gasteiger partial charge in [0.05, 0.1) is 11.7 Å². The number of aromatic nitrogens is 2. The first-order valence-electron chi connectivity index (χ1n) is 6.23. The molecule has 0 atom stereocenters. The van der Waals surface area contributed by atoms with E-state index >= 15 is 0 Å². The van der Waals surface area contributed by atoms with Crippen molar-refractivity contribution in [1.82, 2.24) is 15.5 Å². The number of rotatable bonds is 3. The summed E-state index contributed by atoms with van der Waals surface area (Å²) in [4.78, 5) is 11.7. The van der Waals surface area contributed by atoms with E-state index in [9.17, 15) is 4.79 Å². The lowest BCUT2D eigenvalue weighted by molar-refractivity contribution is 0.255. The van der Waals surface area contributed by atoms with Gasteiger partial charge in [-0.15, -0.1) is 0 Å². The van der Waals surface area contributed by atoms with E-state index in [0.717, 1.165) is 22.2 Å². The number of benzene rings is 1. The Labute approximate surface area is 112 Å². The highest BCUT2D eigenvalue weighted by molar-refractivity contribution is 5.92. The summed E-state index contributed by atoms with van der Waals surface area (Å²) in [7, 11) is 0. The van der Waals surface area contributed by atoms with Gasteiger partial charge in [-0.1, -0.05) is 19.4 Å². The van der Waals surface area contributed by atoms with Crippen molar-refractivity contribution in [2.75, 3.05) is 5.32 Å². The molecule has 100 valence electrons. The highest BCUT2D eigenvalue weighted by Gasteiger charge is 2.03. The minimum Gasteiger partial charge on any atom is -0.314 e. The molecule has 1 aromatic heterocycles. The Bertz CT molecular complexity index is 613. The fourth-order valence-corrected chi connectivity index (χ4v) is 1.53. The minimum absolute atomic E-state index is 0.251. The SMILES string of the molecule is C/C(=C\NC(=O)Nc1ccc2cn[nH]c2c1)C(C)C. The molecule has 0 fully saturated rings. The predicted octanol–water partition coefficient (Wildman–Crippen LogP) is 3.24. The minimum atomic E-state index is -0.251. The molecule has 0 spiro atoms. The zero-order valence-corrected chi connectivity index (χ0v) is 11.3. The van der Waals surface area contributed by atoms with Gasteiger partial charge in [-0.3, -0.25) is 5.10 Å². The maximum atomic E-state index is 11.7. The number of carbonyl (C=O) groups excluding carboxylic acids is 1. The van der Waals surface area contributed by atoms with Crippen molar-refractivity contribution in [3.63, 3.8) is 0 Å². The maximum absolute atomic E-state index is 11.7. The van der Waals surface area contributed by atoms with Crippen LogP contribution >= 0.6 is 0 Å². The van der Waals surface area contributed by atoms with E-state index in [1.165, 1.54) is 0 Å². The van der Waals surface area contributed by atoms with Crippen LogP contribution in [0.3, 0.4) is 0 Å². The molecule has 0 aliphatic rings. The summed E-state index contributed by atoms with van der Waals surface area (Å²) in [6, 6.07) is 5.35. The summed E-state index contributed by atoms with van der Waals surface area (Å²) < 4.78 is 0. The molecule has 3 N–H and O–H groups in total. The van der Waals surface area contributed by atoms with Gasteiger partial charge in [0, 0.05) is 17.3 Å². The van der Waals surface area contributed by atoms with Crippen molar-refractivity contribution >= 4 is 22.6 Å². The monoisotopic (exact) mass is 258 g/mol. The largest absolute Gasteiger partial charge is 0.323 e. The number of carbonyl (C=O) groups is 1. The summed E-state index contributed by atoms with van der Waals surface area (Å²) in [6.07, 6.45) is 3.47. The highest BCUT2D eigenvalue weighted by atomic mass is 16.2. The average Bonchev–Trinajstić information content (AvgIpc) is 2.83. The van der Waals surface area contributed by atoms with E-state index in [-0.39, 0.29) is 6.03 Å². The second-order valence-electron chi connectivity index (χ2n) is 4.81. The van der Waals surface area contributed by atoms with Crippen molar-refractivity contribution in [3.05, 3.63) is 36.2 Å². The van der Waals surface area contributed by atoms with Gasteiger partial charge in [0.15, 0.2) is 0 Å². The number of nitrogens with one attached hydrogen (secondary N) is 3. The van der Waals surface area contributed by atoms with Crippen LogP contribution in [0.1, 0.15) is 20.8 Å². The molecule has 0 bridgehead atoms. The second-order valence-corrected chi connectivity index (χ2v) is 4.81. The molecule has 0 unspecified atom stereocenters. The van der Waals surface area contributed by atoms with Crippen LogP contribution in [-0.2, 0) is 0 Å². The number of hydrogen-bond donors (Lipinski definition) is 3. The van der Waals surface area contributed by atoms with Crippen molar-refractivity contribution in [1.29, 1.82) is 0 Å². The highest BCUT2D eigenvalue weighted by Crippen LogP contribution is 2.16. The van der Waals surface area contributed by atoms with Gasteiger partial charge in [0.1, 0.15) is 0 Å². The van der Waals surface area contributed by atoms with Gasteiger partial charge in [-0.05, 0) is 31.0 Å². The number of urea groups is 1. The molecule has 0 saturated carbocycles. The summed E-state index contributed by atoms with van der Waals surface area (Å²) in [5.41, 5.74) is 2.75. The van der Waals surface area contributed by atoms with Gasteiger partial charge in [0.25, 0.3) is 0 Å². The Hall–Kier alpha value is -2.30. The van der Waals surface area contributed by atoms with E-state index in [2.05, 4.69) is 34.7 Å². The molecule has 0 radical (unpaired) electrons. The molecule has 19 heavy (non-hydrogen) atoms. The summed E-state index contributed by atoms with van der Waals surface area (Å²) in [5, 5.41) is 13.3. The molecule has 0 aliphatic heterocycles. The molecule has 2 amide bonds. The number of H-pyrrole nitrogens is 1. The quantitative estimate of drug-likeness (QED) is 0.791. The summed E-state index contributed by atoms with van der Waals surface area (Å²) in [6.45, 7) is 6.15. The topological polar surface area (TPSA) is 69.8 Å². The Balaban J connectivity index is 2.00. The fourth-order valence-electron chi connectivity index (χ4n) is 1.53. The third-order valence-corrected chi connectivity index (χ3v) is 3.04. The fraction of sp³-hybridized carbons (Fsp3) is 0.286. The molecule has 5 nitrogen and oxygen atoms in total. The van der Waals surface area contributed by atoms with E-state index in [4.69, 9.17) is 0 Å². The smallest absolute Gasteiger partial charge is 0.314 e. The van der Waals surface area contributed by atoms with E-state index in [0.29, 0.717) is 5.92 Å². The van der Waals surface area contributed by atoms with Crippen LogP contribution in [-0.4, -0.2) is 16.2 Å². The lowest BCUT2D eigenvalue weighted by atomic mass is 10.1. The molecule has 0 aliphatic carbocycles. The second kappa shape index (κ2) is 5.56. The average molecular weight is 258 g/mol. The number of allylic oxidation sites excluding steroid dienone is 1. The number of aromatic amines is 1. The van der Waals surface area contributed by atoms with Crippen LogP contribution in [0.2, 0.25) is 0 Å². The molecule has 2 rings (SSSR count). The molecule has 1 aromatic carbocycles. The van der Waals surface area contributed by atoms with Crippen LogP contribution in [0.4, 0.5) is 10.5 Å². The van der Waals surface area contributed by atoms with Crippen molar-refractivity contribution in [2.45, 2.75) is 20.8 Å². The van der Waals surface area contributed by atoms with E-state index in [1.54, 1.807) is 12.4 Å². The normalized spacial score (nSPS) is 11.9. The predicted molar refractivity (Wildman–Crippen MR) is 76.8 cm³/mol. The van der Waals surface area contributed by atoms with Gasteiger partial charge in [0.2, 0.25) is 0 Å². The first-order valence-corrected chi connectivity index (χ1v) is 6.23. The number of anilines is 1. The number of hydrogen-bond acceptors (Lipinski definition) is 2. The Kier molecular flexibility index (Phi) is 3.85. The number of nitrogens with zero attached hydrogens (tertiary/aromatic N) is 1. The van der Waals surface area contributed by atoms with Gasteiger partial charge in [-0.25, -0.2) is 4.79 Å². The third-order valence-electron chi connectivity index (χ3n) is 3.04. The number of amides is 2. The molecule has 2 aromatic rings. The first kappa shape index (κ1) is 13.1. The van der Waals surface area contributed by atoms with E-state index < -0.39 is 0 Å². The van der Waals surface area contributed by atoms with Gasteiger partial charge < -0.3 is 10.6 Å². The lowest BCUT2D eigenvalue weighted by Crippen LogP contribution is -2.24. The van der Waals surface area contributed by atoms with Crippen LogP contribution < -0.4 is 10.6 Å². The number of fused-ring (bicyclic) bond motifs is 1. The zero-order valence-electron chi connectivity index (χ0n) is 11.3. The molecule has 1 heterocycles. The van der Waals surface area contributed by atoms with Crippen LogP contribution in [0, 0.1) is 5.92 Å². The molecule has 0 saturated heterocycles. The van der Waals surface area contributed by atoms with Crippen LogP contribution in [0.5, 0.6) is 0 Å². The van der Waals surface area contributed by atoms with Crippen molar-refractivity contribution in [2.24, 2.45) is 5.92 Å². The summed E-state index contributed by atoms with van der Waals surface area (Å²) in [5.74, 6) is 0.418. The third kappa shape index (κ3) is 3.34. The maximum Gasteiger partial charge on any atom is 0.323 e. The summed E-state index contributed by atoms with van der Waals surface area (Å²) >= 11 is 0. The van der Waals surface area contributed by atoms with Crippen molar-refractivity contribution < 1.29 is 4.79 Å². The van der Waals surface area contributed by atoms with E-state index in [1.807, 2.05) is 25.1 Å². The Morgan fingerprint density at radius 3 is 2.95 bits per heavy atom. The van der Waals surface area contributed by atoms with Crippen LogP contribution in [0.25, 0.3) is 10.9 Å². The molecule has 5 heteroatoms. The molecular formula is C14H18N4O. The lowest BCUT2D eigenvalue weighted by Gasteiger charge is -2.07. The van der Waals surface area contributed by atoms with Crippen molar-refractivity contribution in [3.8, 4) is 0 Å². The first-order chi connectivity index (χ1) is 9.06. The van der Waals surface area contributed by atoms with Crippen LogP contribution in [0.15, 0.2) is 36.2 Å². The molecular weight excluding hydrogens is 240 g/mol.